The number of hydrogen-bond acceptors (Lipinski definition) is 5. The number of carbonyl (C=O) groups is 2. The Kier molecular flexibility index (Phi) is 5.55. The van der Waals surface area contributed by atoms with Gasteiger partial charge >= 0.3 is 6.18 Å². The van der Waals surface area contributed by atoms with Crippen molar-refractivity contribution in [1.82, 2.24) is 4.90 Å². The van der Waals surface area contributed by atoms with E-state index in [9.17, 15) is 22.8 Å². The van der Waals surface area contributed by atoms with Crippen molar-refractivity contribution in [1.29, 1.82) is 0 Å². The van der Waals surface area contributed by atoms with Crippen LogP contribution in [0.1, 0.15) is 56.1 Å². The zero-order chi connectivity index (χ0) is 21.7. The zero-order valence-electron chi connectivity index (χ0n) is 16.7. The molecule has 1 heterocycles. The fraction of sp³-hybridized carbons (Fsp3) is 0.619. The Morgan fingerprint density at radius 1 is 1.30 bits per heavy atom. The summed E-state index contributed by atoms with van der Waals surface area (Å²) in [6.45, 7) is 1.26. The molecule has 30 heavy (non-hydrogen) atoms. The molecule has 0 spiro atoms. The van der Waals surface area contributed by atoms with Gasteiger partial charge in [0.2, 0.25) is 11.8 Å². The van der Waals surface area contributed by atoms with Crippen LogP contribution in [0.2, 0.25) is 0 Å². The number of likely N-dealkylation sites (tertiary alicyclic amines) is 1. The summed E-state index contributed by atoms with van der Waals surface area (Å²) in [5, 5.41) is 5.38. The van der Waals surface area contributed by atoms with Crippen LogP contribution in [-0.4, -0.2) is 29.4 Å². The number of carbonyl (C=O) groups excluding carboxylic acids is 2. The molecule has 9 heteroatoms. The summed E-state index contributed by atoms with van der Waals surface area (Å²) in [5.74, 6) is 0.0758. The fourth-order valence-electron chi connectivity index (χ4n) is 5.81. The molecule has 3 aliphatic rings. The minimum atomic E-state index is -4.39. The number of rotatable bonds is 4. The Morgan fingerprint density at radius 3 is 2.77 bits per heavy atom. The summed E-state index contributed by atoms with van der Waals surface area (Å²) in [7, 11) is 0. The SMILES string of the molecule is CC12CCC3c4ccc(OSN)cc4CCC3C1CC(=O)N(CCC(F)(F)F)C2=O. The van der Waals surface area contributed by atoms with Crippen LogP contribution in [0.15, 0.2) is 18.2 Å². The average molecular weight is 443 g/mol. The highest BCUT2D eigenvalue weighted by molar-refractivity contribution is 7.92. The number of halogens is 3. The largest absolute Gasteiger partial charge is 0.410 e. The predicted octanol–water partition coefficient (Wildman–Crippen LogP) is 4.36. The van der Waals surface area contributed by atoms with Gasteiger partial charge in [0.25, 0.3) is 0 Å². The molecule has 4 unspecified atom stereocenters. The van der Waals surface area contributed by atoms with Crippen LogP contribution in [0.3, 0.4) is 0 Å². The molecule has 0 bridgehead atoms. The average Bonchev–Trinajstić information content (AvgIpc) is 2.68. The molecular weight excluding hydrogens is 417 g/mol. The summed E-state index contributed by atoms with van der Waals surface area (Å²) in [5.41, 5.74) is 1.64. The van der Waals surface area contributed by atoms with Crippen LogP contribution < -0.4 is 9.32 Å². The van der Waals surface area contributed by atoms with Crippen LogP contribution in [0.25, 0.3) is 0 Å². The second kappa shape index (κ2) is 7.75. The van der Waals surface area contributed by atoms with E-state index in [0.29, 0.717) is 12.2 Å². The van der Waals surface area contributed by atoms with Gasteiger partial charge in [-0.3, -0.25) is 14.5 Å². The molecule has 2 N–H and O–H groups in total. The molecule has 1 saturated heterocycles. The lowest BCUT2D eigenvalue weighted by molar-refractivity contribution is -0.172. The number of fused-ring (bicyclic) bond motifs is 5. The first-order valence-electron chi connectivity index (χ1n) is 10.2. The Labute approximate surface area is 177 Å². The molecule has 1 aliphatic heterocycles. The second-order valence-corrected chi connectivity index (χ2v) is 9.19. The number of benzene rings is 1. The van der Waals surface area contributed by atoms with E-state index in [0.717, 1.165) is 36.4 Å². The second-order valence-electron chi connectivity index (χ2n) is 8.83. The fourth-order valence-corrected chi connectivity index (χ4v) is 6.03. The van der Waals surface area contributed by atoms with Gasteiger partial charge in [-0.05, 0) is 66.7 Å². The van der Waals surface area contributed by atoms with E-state index in [-0.39, 0.29) is 24.2 Å². The van der Waals surface area contributed by atoms with Crippen molar-refractivity contribution in [2.24, 2.45) is 22.4 Å². The summed E-state index contributed by atoms with van der Waals surface area (Å²) in [4.78, 5) is 26.7. The molecule has 1 aromatic carbocycles. The standard InChI is InChI=1S/C21H25F3N2O3S/c1-20-7-6-15-14-5-3-13(29-30-25)10-12(14)2-4-16(15)17(20)11-18(27)26(19(20)28)9-8-21(22,23)24/h3,5,10,15-17H,2,4,6-9,11,25H2,1H3. The first-order chi connectivity index (χ1) is 14.1. The minimum absolute atomic E-state index is 0.137. The number of hydrogen-bond donors (Lipinski definition) is 1. The van der Waals surface area contributed by atoms with Crippen LogP contribution in [-0.2, 0) is 16.0 Å². The molecule has 4 rings (SSSR count). The maximum atomic E-state index is 13.2. The highest BCUT2D eigenvalue weighted by Crippen LogP contribution is 2.58. The number of nitrogens with two attached hydrogens (primary N) is 1. The van der Waals surface area contributed by atoms with E-state index >= 15 is 0 Å². The van der Waals surface area contributed by atoms with Crippen molar-refractivity contribution in [2.75, 3.05) is 6.54 Å². The van der Waals surface area contributed by atoms with Crippen molar-refractivity contribution >= 4 is 24.0 Å². The number of piperidine rings is 1. The van der Waals surface area contributed by atoms with Crippen molar-refractivity contribution in [3.05, 3.63) is 29.3 Å². The highest BCUT2D eigenvalue weighted by atomic mass is 32.2. The maximum absolute atomic E-state index is 13.2. The van der Waals surface area contributed by atoms with E-state index in [1.807, 2.05) is 25.1 Å². The van der Waals surface area contributed by atoms with E-state index < -0.39 is 36.4 Å². The van der Waals surface area contributed by atoms with Gasteiger partial charge in [-0.15, -0.1) is 0 Å². The Bertz CT molecular complexity index is 862. The van der Waals surface area contributed by atoms with Gasteiger partial charge in [0.15, 0.2) is 0 Å². The van der Waals surface area contributed by atoms with Crippen molar-refractivity contribution in [2.45, 2.75) is 57.5 Å². The van der Waals surface area contributed by atoms with Gasteiger partial charge in [-0.2, -0.15) is 13.2 Å². The summed E-state index contributed by atoms with van der Waals surface area (Å²) >= 11 is 0.799. The molecule has 4 atom stereocenters. The van der Waals surface area contributed by atoms with E-state index in [4.69, 9.17) is 9.32 Å². The van der Waals surface area contributed by atoms with Crippen molar-refractivity contribution in [3.8, 4) is 5.75 Å². The molecule has 0 radical (unpaired) electrons. The monoisotopic (exact) mass is 442 g/mol. The lowest BCUT2D eigenvalue weighted by Gasteiger charge is -2.54. The third-order valence-electron chi connectivity index (χ3n) is 7.28. The highest BCUT2D eigenvalue weighted by Gasteiger charge is 2.57. The van der Waals surface area contributed by atoms with E-state index in [1.165, 1.54) is 11.1 Å². The Balaban J connectivity index is 1.57. The minimum Gasteiger partial charge on any atom is -0.410 e. The Morgan fingerprint density at radius 2 is 2.07 bits per heavy atom. The number of alkyl halides is 3. The molecule has 5 nitrogen and oxygen atoms in total. The third kappa shape index (κ3) is 3.70. The molecule has 1 saturated carbocycles. The van der Waals surface area contributed by atoms with Gasteiger partial charge in [-0.25, -0.2) is 5.14 Å². The summed E-state index contributed by atoms with van der Waals surface area (Å²) in [6, 6.07) is 5.92. The number of imide groups is 1. The van der Waals surface area contributed by atoms with E-state index in [1.54, 1.807) is 0 Å². The normalized spacial score (nSPS) is 31.1. The number of nitrogens with zero attached hydrogens (tertiary/aromatic N) is 1. The third-order valence-corrected chi connectivity index (χ3v) is 7.57. The topological polar surface area (TPSA) is 72.6 Å². The predicted molar refractivity (Wildman–Crippen MR) is 106 cm³/mol. The lowest BCUT2D eigenvalue weighted by atomic mass is 9.52. The molecule has 0 aromatic heterocycles. The first-order valence-corrected chi connectivity index (χ1v) is 11.0. The van der Waals surface area contributed by atoms with Crippen LogP contribution in [0, 0.1) is 17.3 Å². The van der Waals surface area contributed by atoms with Crippen LogP contribution in [0.5, 0.6) is 5.75 Å². The van der Waals surface area contributed by atoms with Gasteiger partial charge in [-0.1, -0.05) is 13.0 Å². The lowest BCUT2D eigenvalue weighted by Crippen LogP contribution is -2.59. The zero-order valence-corrected chi connectivity index (χ0v) is 17.5. The van der Waals surface area contributed by atoms with Crippen molar-refractivity contribution < 1.29 is 26.9 Å². The molecular formula is C21H25F3N2O3S. The van der Waals surface area contributed by atoms with Gasteiger partial charge in [0, 0.05) is 13.0 Å². The van der Waals surface area contributed by atoms with Gasteiger partial charge in [0.05, 0.1) is 11.8 Å². The molecule has 2 amide bonds. The number of amides is 2. The maximum Gasteiger partial charge on any atom is 0.390 e. The summed E-state index contributed by atoms with van der Waals surface area (Å²) in [6.07, 6.45) is -2.39. The Hall–Kier alpha value is -1.74. The quantitative estimate of drug-likeness (QED) is 0.426. The van der Waals surface area contributed by atoms with Gasteiger partial charge in [0.1, 0.15) is 18.0 Å². The number of aryl methyl sites for hydroxylation is 1. The molecule has 2 fully saturated rings. The van der Waals surface area contributed by atoms with Gasteiger partial charge < -0.3 is 4.18 Å². The van der Waals surface area contributed by atoms with Crippen LogP contribution >= 0.6 is 12.2 Å². The molecule has 1 aromatic rings. The summed E-state index contributed by atoms with van der Waals surface area (Å²) < 4.78 is 43.3. The van der Waals surface area contributed by atoms with Crippen molar-refractivity contribution in [3.63, 3.8) is 0 Å². The molecule has 164 valence electrons. The van der Waals surface area contributed by atoms with Crippen LogP contribution in [0.4, 0.5) is 13.2 Å². The molecule has 2 aliphatic carbocycles. The van der Waals surface area contributed by atoms with E-state index in [2.05, 4.69) is 0 Å². The first kappa shape index (κ1) is 21.5. The smallest absolute Gasteiger partial charge is 0.390 e.